The van der Waals surface area contributed by atoms with Crippen molar-refractivity contribution in [2.45, 2.75) is 25.8 Å². The molecular weight excluding hydrogens is 402 g/mol. The Morgan fingerprint density at radius 1 is 1.06 bits per heavy atom. The summed E-state index contributed by atoms with van der Waals surface area (Å²) >= 11 is 0. The zero-order chi connectivity index (χ0) is 21.5. The van der Waals surface area contributed by atoms with Gasteiger partial charge in [0.1, 0.15) is 12.1 Å². The molecule has 6 nitrogen and oxygen atoms in total. The van der Waals surface area contributed by atoms with Crippen LogP contribution in [0.5, 0.6) is 5.75 Å². The first-order chi connectivity index (χ1) is 15.0. The quantitative estimate of drug-likeness (QED) is 0.675. The zero-order valence-electron chi connectivity index (χ0n) is 16.8. The summed E-state index contributed by atoms with van der Waals surface area (Å²) in [6.45, 7) is 2.09. The molecule has 1 atom stereocenters. The van der Waals surface area contributed by atoms with Gasteiger partial charge >= 0.3 is 0 Å². The number of halogens is 2. The Hall–Kier alpha value is -3.29. The van der Waals surface area contributed by atoms with E-state index in [1.807, 2.05) is 9.47 Å². The third kappa shape index (κ3) is 3.89. The Morgan fingerprint density at radius 2 is 1.84 bits per heavy atom. The molecule has 1 N–H and O–H groups in total. The van der Waals surface area contributed by atoms with Gasteiger partial charge in [-0.3, -0.25) is 4.79 Å². The van der Waals surface area contributed by atoms with Gasteiger partial charge in [-0.2, -0.15) is 0 Å². The van der Waals surface area contributed by atoms with Gasteiger partial charge in [0.25, 0.3) is 0 Å². The number of carbonyl (C=O) groups excluding carboxylic acids is 1. The molecule has 5 rings (SSSR count). The minimum atomic E-state index is -0.724. The number of carbonyl (C=O) groups is 1. The second-order valence-corrected chi connectivity index (χ2v) is 8.38. The highest BCUT2D eigenvalue weighted by Gasteiger charge is 2.36. The van der Waals surface area contributed by atoms with Gasteiger partial charge < -0.3 is 14.6 Å². The van der Waals surface area contributed by atoms with Gasteiger partial charge in [-0.1, -0.05) is 12.1 Å². The number of hydrogen-bond acceptors (Lipinski definition) is 4. The van der Waals surface area contributed by atoms with Crippen molar-refractivity contribution in [3.05, 3.63) is 54.4 Å². The maximum atomic E-state index is 15.0. The van der Waals surface area contributed by atoms with Crippen LogP contribution in [0.4, 0.5) is 8.78 Å². The van der Waals surface area contributed by atoms with Gasteiger partial charge in [-0.25, -0.2) is 8.78 Å². The second-order valence-electron chi connectivity index (χ2n) is 8.38. The zero-order valence-corrected chi connectivity index (χ0v) is 16.8. The van der Waals surface area contributed by atoms with Gasteiger partial charge in [-0.05, 0) is 60.6 Å². The molecular formula is C23H22F2N4O2. The summed E-state index contributed by atoms with van der Waals surface area (Å²) in [7, 11) is 0. The number of rotatable bonds is 5. The average molecular weight is 424 g/mol. The van der Waals surface area contributed by atoms with Crippen LogP contribution in [0.2, 0.25) is 0 Å². The average Bonchev–Trinajstić information content (AvgIpc) is 3.34. The fourth-order valence-corrected chi connectivity index (χ4v) is 4.21. The lowest BCUT2D eigenvalue weighted by Crippen LogP contribution is -2.30. The number of aromatic hydroxyl groups is 1. The number of phenolic OH excluding ortho intramolecular Hbond substituents is 1. The Bertz CT molecular complexity index is 1140. The van der Waals surface area contributed by atoms with Crippen LogP contribution < -0.4 is 0 Å². The lowest BCUT2D eigenvalue weighted by molar-refractivity contribution is -0.131. The fraction of sp³-hybridized carbons (Fsp3) is 0.348. The Labute approximate surface area is 178 Å². The van der Waals surface area contributed by atoms with Crippen molar-refractivity contribution in [2.75, 3.05) is 13.1 Å². The Kier molecular flexibility index (Phi) is 4.92. The minimum absolute atomic E-state index is 0.222. The molecule has 1 saturated carbocycles. The Balaban J connectivity index is 1.34. The summed E-state index contributed by atoms with van der Waals surface area (Å²) < 4.78 is 30.1. The van der Waals surface area contributed by atoms with Crippen molar-refractivity contribution in [1.29, 1.82) is 0 Å². The summed E-state index contributed by atoms with van der Waals surface area (Å²) in [5, 5.41) is 17.7. The van der Waals surface area contributed by atoms with Crippen LogP contribution in [0.3, 0.4) is 0 Å². The molecule has 0 spiro atoms. The molecule has 8 heteroatoms. The molecule has 1 aromatic heterocycles. The van der Waals surface area contributed by atoms with Crippen LogP contribution in [0.1, 0.15) is 19.3 Å². The second kappa shape index (κ2) is 7.76. The standard InChI is InChI=1S/C23H22F2N4O2/c24-19-6-4-17(10-21(19)30)16-3-5-18(20(25)9-16)22-27-26-13-29(22)12-14-7-8-28(11-14)23(31)15-1-2-15/h3-6,9-10,13-15,30H,1-2,7-8,11-12H2/t14-/m0/s1. The predicted molar refractivity (Wildman–Crippen MR) is 110 cm³/mol. The summed E-state index contributed by atoms with van der Waals surface area (Å²) in [6.07, 6.45) is 4.50. The summed E-state index contributed by atoms with van der Waals surface area (Å²) in [6, 6.07) is 8.55. The largest absolute Gasteiger partial charge is 0.505 e. The van der Waals surface area contributed by atoms with Crippen molar-refractivity contribution < 1.29 is 18.7 Å². The number of aromatic nitrogens is 3. The van der Waals surface area contributed by atoms with Gasteiger partial charge in [0.15, 0.2) is 17.4 Å². The third-order valence-electron chi connectivity index (χ3n) is 6.08. The lowest BCUT2D eigenvalue weighted by Gasteiger charge is -2.17. The van der Waals surface area contributed by atoms with Crippen LogP contribution in [0.25, 0.3) is 22.5 Å². The van der Waals surface area contributed by atoms with E-state index in [0.29, 0.717) is 35.6 Å². The fourth-order valence-electron chi connectivity index (χ4n) is 4.21. The molecule has 160 valence electrons. The van der Waals surface area contributed by atoms with E-state index in [9.17, 15) is 18.7 Å². The van der Waals surface area contributed by atoms with Crippen molar-refractivity contribution >= 4 is 5.91 Å². The minimum Gasteiger partial charge on any atom is -0.505 e. The molecule has 2 aromatic carbocycles. The third-order valence-corrected chi connectivity index (χ3v) is 6.08. The van der Waals surface area contributed by atoms with E-state index in [4.69, 9.17) is 0 Å². The number of phenols is 1. The number of hydrogen-bond donors (Lipinski definition) is 1. The molecule has 0 radical (unpaired) electrons. The van der Waals surface area contributed by atoms with Crippen LogP contribution in [0.15, 0.2) is 42.7 Å². The molecule has 0 bridgehead atoms. The van der Waals surface area contributed by atoms with Crippen molar-refractivity contribution in [3.8, 4) is 28.3 Å². The van der Waals surface area contributed by atoms with E-state index < -0.39 is 17.4 Å². The first-order valence-electron chi connectivity index (χ1n) is 10.4. The van der Waals surface area contributed by atoms with E-state index in [0.717, 1.165) is 31.9 Å². The first-order valence-corrected chi connectivity index (χ1v) is 10.4. The smallest absolute Gasteiger partial charge is 0.225 e. The Morgan fingerprint density at radius 3 is 2.58 bits per heavy atom. The van der Waals surface area contributed by atoms with Gasteiger partial charge in [0.2, 0.25) is 5.91 Å². The molecule has 3 aromatic rings. The molecule has 2 heterocycles. The number of nitrogens with zero attached hydrogens (tertiary/aromatic N) is 4. The summed E-state index contributed by atoms with van der Waals surface area (Å²) in [5.41, 5.74) is 1.35. The highest BCUT2D eigenvalue weighted by molar-refractivity contribution is 5.81. The SMILES string of the molecule is O=C(C1CC1)N1CC[C@H](Cn2cnnc2-c2ccc(-c3ccc(F)c(O)c3)cc2F)C1. The molecule has 1 aliphatic carbocycles. The lowest BCUT2D eigenvalue weighted by atomic mass is 10.0. The molecule has 1 saturated heterocycles. The van der Waals surface area contributed by atoms with Crippen LogP contribution in [-0.4, -0.2) is 43.8 Å². The van der Waals surface area contributed by atoms with Crippen LogP contribution >= 0.6 is 0 Å². The first kappa shape index (κ1) is 19.7. The normalized spacial score (nSPS) is 18.5. The summed E-state index contributed by atoms with van der Waals surface area (Å²) in [5.74, 6) is -0.488. The number of benzene rings is 2. The molecule has 1 amide bonds. The molecule has 2 fully saturated rings. The highest BCUT2D eigenvalue weighted by Crippen LogP contribution is 2.34. The molecule has 31 heavy (non-hydrogen) atoms. The number of amides is 1. The van der Waals surface area contributed by atoms with Crippen LogP contribution in [-0.2, 0) is 11.3 Å². The van der Waals surface area contributed by atoms with Gasteiger partial charge in [0, 0.05) is 25.6 Å². The van der Waals surface area contributed by atoms with Crippen molar-refractivity contribution in [1.82, 2.24) is 19.7 Å². The summed E-state index contributed by atoms with van der Waals surface area (Å²) in [4.78, 5) is 14.2. The van der Waals surface area contributed by atoms with Gasteiger partial charge in [0.05, 0.1) is 5.56 Å². The van der Waals surface area contributed by atoms with E-state index in [1.54, 1.807) is 18.5 Å². The van der Waals surface area contributed by atoms with E-state index >= 15 is 0 Å². The maximum absolute atomic E-state index is 15.0. The van der Waals surface area contributed by atoms with Crippen molar-refractivity contribution in [2.24, 2.45) is 11.8 Å². The van der Waals surface area contributed by atoms with Gasteiger partial charge in [-0.15, -0.1) is 10.2 Å². The predicted octanol–water partition coefficient (Wildman–Crippen LogP) is 3.85. The maximum Gasteiger partial charge on any atom is 0.225 e. The molecule has 1 aliphatic heterocycles. The molecule has 2 aliphatic rings. The van der Waals surface area contributed by atoms with E-state index in [-0.39, 0.29) is 17.7 Å². The topological polar surface area (TPSA) is 71.2 Å². The highest BCUT2D eigenvalue weighted by atomic mass is 19.1. The molecule has 0 unspecified atom stereocenters. The van der Waals surface area contributed by atoms with Crippen molar-refractivity contribution in [3.63, 3.8) is 0 Å². The monoisotopic (exact) mass is 424 g/mol. The van der Waals surface area contributed by atoms with Crippen LogP contribution in [0, 0.1) is 23.5 Å². The van der Waals surface area contributed by atoms with E-state index in [2.05, 4.69) is 10.2 Å². The number of likely N-dealkylation sites (tertiary alicyclic amines) is 1. The van der Waals surface area contributed by atoms with E-state index in [1.165, 1.54) is 18.2 Å².